The first-order valence-corrected chi connectivity index (χ1v) is 7.75. The number of benzene rings is 1. The molecule has 2 N–H and O–H groups in total. The summed E-state index contributed by atoms with van der Waals surface area (Å²) in [6.07, 6.45) is 3.59. The van der Waals surface area contributed by atoms with Gasteiger partial charge in [0.25, 0.3) is 0 Å². The summed E-state index contributed by atoms with van der Waals surface area (Å²) in [5.41, 5.74) is 1.47. The van der Waals surface area contributed by atoms with Gasteiger partial charge in [0.1, 0.15) is 0 Å². The van der Waals surface area contributed by atoms with Crippen molar-refractivity contribution in [3.8, 4) is 0 Å². The van der Waals surface area contributed by atoms with Gasteiger partial charge in [0.15, 0.2) is 4.34 Å². The van der Waals surface area contributed by atoms with E-state index in [1.165, 1.54) is 11.3 Å². The lowest BCUT2D eigenvalue weighted by Crippen LogP contribution is -2.08. The lowest BCUT2D eigenvalue weighted by atomic mass is 10.3. The molecule has 1 heterocycles. The Bertz CT molecular complexity index is 722. The number of anilines is 1. The minimum absolute atomic E-state index is 0.484. The molecule has 0 atom stereocenters. The molecule has 2 aromatic rings. The van der Waals surface area contributed by atoms with Crippen LogP contribution in [0.1, 0.15) is 0 Å². The van der Waals surface area contributed by atoms with Gasteiger partial charge >= 0.3 is 5.97 Å². The largest absolute Gasteiger partial charge is 0.478 e. The summed E-state index contributed by atoms with van der Waals surface area (Å²) >= 11 is 3.14. The van der Waals surface area contributed by atoms with E-state index in [0.717, 1.165) is 32.5 Å². The van der Waals surface area contributed by atoms with Crippen LogP contribution in [0.3, 0.4) is 0 Å². The van der Waals surface area contributed by atoms with Crippen LogP contribution in [0, 0.1) is 0 Å². The highest BCUT2D eigenvalue weighted by atomic mass is 32.2. The van der Waals surface area contributed by atoms with Crippen molar-refractivity contribution in [3.05, 3.63) is 43.0 Å². The second-order valence-electron chi connectivity index (χ2n) is 3.92. The van der Waals surface area contributed by atoms with Crippen molar-refractivity contribution in [3.63, 3.8) is 0 Å². The number of thioether (sulfide) groups is 1. The van der Waals surface area contributed by atoms with Crippen LogP contribution in [0.25, 0.3) is 10.2 Å². The predicted molar refractivity (Wildman–Crippen MR) is 85.9 cm³/mol. The fraction of sp³-hybridized carbons (Fsp3) is 0.0714. The summed E-state index contributed by atoms with van der Waals surface area (Å²) in [6, 6.07) is 5.37. The molecule has 0 saturated carbocycles. The van der Waals surface area contributed by atoms with E-state index in [1.807, 2.05) is 18.2 Å². The van der Waals surface area contributed by atoms with E-state index in [1.54, 1.807) is 17.8 Å². The van der Waals surface area contributed by atoms with Crippen molar-refractivity contribution in [2.24, 2.45) is 0 Å². The maximum absolute atomic E-state index is 11.5. The lowest BCUT2D eigenvalue weighted by Gasteiger charge is -2.00. The van der Waals surface area contributed by atoms with Gasteiger partial charge in [-0.3, -0.25) is 4.79 Å². The maximum Gasteiger partial charge on any atom is 0.328 e. The van der Waals surface area contributed by atoms with E-state index >= 15 is 0 Å². The Hall–Kier alpha value is -2.12. The Morgan fingerprint density at radius 1 is 1.43 bits per heavy atom. The molecule has 0 saturated heterocycles. The average Bonchev–Trinajstić information content (AvgIpc) is 2.85. The van der Waals surface area contributed by atoms with Gasteiger partial charge in [-0.25, -0.2) is 9.78 Å². The summed E-state index contributed by atoms with van der Waals surface area (Å²) in [4.78, 5) is 26.3. The monoisotopic (exact) mass is 320 g/mol. The summed E-state index contributed by atoms with van der Waals surface area (Å²) < 4.78 is 1.90. The van der Waals surface area contributed by atoms with Crippen LogP contribution in [0.5, 0.6) is 0 Å². The summed E-state index contributed by atoms with van der Waals surface area (Å²) in [5, 5.41) is 11.1. The van der Waals surface area contributed by atoms with Crippen molar-refractivity contribution < 1.29 is 14.7 Å². The van der Waals surface area contributed by atoms with Crippen LogP contribution >= 0.6 is 23.1 Å². The van der Waals surface area contributed by atoms with E-state index in [-0.39, 0.29) is 0 Å². The summed E-state index contributed by atoms with van der Waals surface area (Å²) in [6.45, 7) is 3.67. The van der Waals surface area contributed by atoms with Gasteiger partial charge in [-0.2, -0.15) is 0 Å². The molecular formula is C14H12N2O3S2. The van der Waals surface area contributed by atoms with Crippen molar-refractivity contribution >= 4 is 50.9 Å². The van der Waals surface area contributed by atoms with Crippen LogP contribution in [-0.2, 0) is 9.59 Å². The zero-order valence-electron chi connectivity index (χ0n) is 10.9. The second kappa shape index (κ2) is 7.05. The van der Waals surface area contributed by atoms with Gasteiger partial charge in [0, 0.05) is 23.6 Å². The number of aliphatic carboxylic acids is 1. The van der Waals surface area contributed by atoms with Crippen molar-refractivity contribution in [1.82, 2.24) is 4.98 Å². The van der Waals surface area contributed by atoms with E-state index in [9.17, 15) is 9.59 Å². The first-order valence-electron chi connectivity index (χ1n) is 5.95. The van der Waals surface area contributed by atoms with Crippen LogP contribution in [0.4, 0.5) is 5.69 Å². The molecule has 1 aromatic heterocycles. The number of hydrogen-bond acceptors (Lipinski definition) is 5. The Kier molecular flexibility index (Phi) is 5.13. The standard InChI is InChI=1S/C14H12N2O3S2/c1-2-7-20-14-16-10-4-3-9(8-11(10)21-14)15-12(17)5-6-13(18)19/h2-6,8H,1,7H2,(H,15,17)(H,18,19)/b6-5-. The number of fused-ring (bicyclic) bond motifs is 1. The van der Waals surface area contributed by atoms with Crippen molar-refractivity contribution in [2.75, 3.05) is 11.1 Å². The molecule has 0 aliphatic carbocycles. The highest BCUT2D eigenvalue weighted by molar-refractivity contribution is 8.01. The number of nitrogens with one attached hydrogen (secondary N) is 1. The van der Waals surface area contributed by atoms with E-state index < -0.39 is 11.9 Å². The molecule has 0 aliphatic rings. The molecular weight excluding hydrogens is 308 g/mol. The first-order chi connectivity index (χ1) is 10.1. The Balaban J connectivity index is 2.12. The second-order valence-corrected chi connectivity index (χ2v) is 6.22. The SMILES string of the molecule is C=CCSc1nc2ccc(NC(=O)/C=C\C(=O)O)cc2s1. The number of carboxylic acid groups (broad SMARTS) is 1. The van der Waals surface area contributed by atoms with E-state index in [2.05, 4.69) is 16.9 Å². The number of carbonyl (C=O) groups is 2. The molecule has 0 spiro atoms. The number of carboxylic acids is 1. The van der Waals surface area contributed by atoms with E-state index in [0.29, 0.717) is 5.69 Å². The molecule has 1 aromatic carbocycles. The molecule has 0 radical (unpaired) electrons. The van der Waals surface area contributed by atoms with Crippen molar-refractivity contribution in [1.29, 1.82) is 0 Å². The number of amides is 1. The number of thiazole rings is 1. The minimum atomic E-state index is -1.16. The van der Waals surface area contributed by atoms with E-state index in [4.69, 9.17) is 5.11 Å². The highest BCUT2D eigenvalue weighted by Crippen LogP contribution is 2.31. The fourth-order valence-electron chi connectivity index (χ4n) is 1.50. The number of rotatable bonds is 6. The topological polar surface area (TPSA) is 79.3 Å². The molecule has 5 nitrogen and oxygen atoms in total. The molecule has 21 heavy (non-hydrogen) atoms. The molecule has 0 bridgehead atoms. The molecule has 1 amide bonds. The van der Waals surface area contributed by atoms with Gasteiger partial charge in [-0.05, 0) is 18.2 Å². The molecule has 108 valence electrons. The molecule has 2 rings (SSSR count). The average molecular weight is 320 g/mol. The molecule has 7 heteroatoms. The number of aromatic nitrogens is 1. The third-order valence-electron chi connectivity index (χ3n) is 2.34. The highest BCUT2D eigenvalue weighted by Gasteiger charge is 2.06. The zero-order chi connectivity index (χ0) is 15.2. The van der Waals surface area contributed by atoms with Crippen LogP contribution in [-0.4, -0.2) is 27.7 Å². The third-order valence-corrected chi connectivity index (χ3v) is 4.50. The third kappa shape index (κ3) is 4.44. The number of hydrogen-bond donors (Lipinski definition) is 2. The van der Waals surface area contributed by atoms with Gasteiger partial charge < -0.3 is 10.4 Å². The fourth-order valence-corrected chi connectivity index (χ4v) is 3.37. The zero-order valence-corrected chi connectivity index (χ0v) is 12.5. The lowest BCUT2D eigenvalue weighted by molar-refractivity contribution is -0.131. The van der Waals surface area contributed by atoms with Gasteiger partial charge in [-0.15, -0.1) is 17.9 Å². The number of nitrogens with zero attached hydrogens (tertiary/aromatic N) is 1. The van der Waals surface area contributed by atoms with Crippen LogP contribution < -0.4 is 5.32 Å². The van der Waals surface area contributed by atoms with Gasteiger partial charge in [-0.1, -0.05) is 17.8 Å². The van der Waals surface area contributed by atoms with Crippen LogP contribution in [0.15, 0.2) is 47.3 Å². The quantitative estimate of drug-likeness (QED) is 0.485. The Morgan fingerprint density at radius 2 is 2.24 bits per heavy atom. The Labute approximate surface area is 129 Å². The molecule has 0 aliphatic heterocycles. The van der Waals surface area contributed by atoms with Gasteiger partial charge in [0.05, 0.1) is 10.2 Å². The predicted octanol–water partition coefficient (Wildman–Crippen LogP) is 3.15. The molecule has 0 fully saturated rings. The summed E-state index contributed by atoms with van der Waals surface area (Å²) in [5.74, 6) is -0.849. The first kappa shape index (κ1) is 15.3. The van der Waals surface area contributed by atoms with Gasteiger partial charge in [0.2, 0.25) is 5.91 Å². The normalized spacial score (nSPS) is 10.9. The smallest absolute Gasteiger partial charge is 0.328 e. The number of carbonyl (C=O) groups excluding carboxylic acids is 1. The minimum Gasteiger partial charge on any atom is -0.478 e. The van der Waals surface area contributed by atoms with Crippen molar-refractivity contribution in [2.45, 2.75) is 4.34 Å². The van der Waals surface area contributed by atoms with Crippen LogP contribution in [0.2, 0.25) is 0 Å². The Morgan fingerprint density at radius 3 is 2.95 bits per heavy atom. The summed E-state index contributed by atoms with van der Waals surface area (Å²) in [7, 11) is 0. The molecule has 0 unspecified atom stereocenters. The maximum atomic E-state index is 11.5.